The van der Waals surface area contributed by atoms with Gasteiger partial charge in [-0.3, -0.25) is 19.4 Å². The van der Waals surface area contributed by atoms with Crippen LogP contribution in [0, 0.1) is 0 Å². The minimum Gasteiger partial charge on any atom is -0.504 e. The molecule has 8 nitrogen and oxygen atoms in total. The highest BCUT2D eigenvalue weighted by Gasteiger charge is 2.26. The first-order valence-corrected chi connectivity index (χ1v) is 10.7. The van der Waals surface area contributed by atoms with Gasteiger partial charge in [0, 0.05) is 17.0 Å². The van der Waals surface area contributed by atoms with Crippen LogP contribution in [0.25, 0.3) is 44.2 Å². The van der Waals surface area contributed by atoms with Crippen molar-refractivity contribution in [2.75, 3.05) is 7.11 Å². The van der Waals surface area contributed by atoms with Crippen molar-refractivity contribution in [1.29, 1.82) is 0 Å². The Morgan fingerprint density at radius 1 is 1.12 bits per heavy atom. The van der Waals surface area contributed by atoms with Gasteiger partial charge in [0.2, 0.25) is 0 Å². The number of aromatic nitrogens is 3. The Labute approximate surface area is 181 Å². The van der Waals surface area contributed by atoms with E-state index in [1.54, 1.807) is 24.3 Å². The molecule has 0 aliphatic heterocycles. The van der Waals surface area contributed by atoms with Crippen molar-refractivity contribution >= 4 is 33.1 Å². The number of methoxy groups -OCH3 is 1. The normalized spacial score (nSPS) is 14.8. The van der Waals surface area contributed by atoms with Crippen molar-refractivity contribution in [3.05, 3.63) is 57.0 Å². The standard InChI is InChI=1S/C24H21N3O5/c1-31-17-9-6-12(10-16(17)29)19-20-23(27(26-24(20)30)13-4-2-3-5-13)25-21-15-8-7-14(28)11-18(15)32-22(19)21/h6-11,13,25,29H,2-5H2,1H3,(H,26,30). The summed E-state index contributed by atoms with van der Waals surface area (Å²) in [5.41, 5.74) is 3.06. The first-order valence-electron chi connectivity index (χ1n) is 10.7. The minimum absolute atomic E-state index is 0.0382. The summed E-state index contributed by atoms with van der Waals surface area (Å²) in [4.78, 5) is 28.5. The van der Waals surface area contributed by atoms with Gasteiger partial charge in [0.05, 0.1) is 24.1 Å². The Kier molecular flexibility index (Phi) is 3.98. The van der Waals surface area contributed by atoms with Gasteiger partial charge in [-0.05, 0) is 42.7 Å². The molecule has 1 aliphatic rings. The van der Waals surface area contributed by atoms with E-state index in [1.165, 1.54) is 19.2 Å². The first kappa shape index (κ1) is 18.8. The van der Waals surface area contributed by atoms with Gasteiger partial charge < -0.3 is 19.2 Å². The zero-order valence-corrected chi connectivity index (χ0v) is 17.4. The number of hydrogen-bond acceptors (Lipinski definition) is 5. The molecule has 3 N–H and O–H groups in total. The molecule has 6 rings (SSSR count). The Balaban J connectivity index is 1.78. The number of fused-ring (bicyclic) bond motifs is 4. The van der Waals surface area contributed by atoms with Gasteiger partial charge in [-0.15, -0.1) is 0 Å². The molecule has 0 unspecified atom stereocenters. The van der Waals surface area contributed by atoms with Gasteiger partial charge in [0.1, 0.15) is 11.2 Å². The van der Waals surface area contributed by atoms with E-state index in [4.69, 9.17) is 9.15 Å². The average Bonchev–Trinajstić information content (AvgIpc) is 3.50. The highest BCUT2D eigenvalue weighted by atomic mass is 16.5. The molecule has 0 spiro atoms. The second-order valence-corrected chi connectivity index (χ2v) is 8.32. The quantitative estimate of drug-likeness (QED) is 0.392. The number of hydrogen-bond donors (Lipinski definition) is 3. The minimum atomic E-state index is -0.236. The topological polar surface area (TPSA) is 113 Å². The summed E-state index contributed by atoms with van der Waals surface area (Å²) >= 11 is 0. The summed E-state index contributed by atoms with van der Waals surface area (Å²) in [6, 6.07) is 9.87. The molecule has 0 atom stereocenters. The van der Waals surface area contributed by atoms with Crippen LogP contribution in [0.3, 0.4) is 0 Å². The average molecular weight is 431 g/mol. The third-order valence-electron chi connectivity index (χ3n) is 6.47. The predicted octanol–water partition coefficient (Wildman–Crippen LogP) is 4.41. The lowest BCUT2D eigenvalue weighted by Crippen LogP contribution is -2.10. The highest BCUT2D eigenvalue weighted by molar-refractivity contribution is 6.14. The van der Waals surface area contributed by atoms with E-state index in [1.807, 2.05) is 4.68 Å². The van der Waals surface area contributed by atoms with E-state index in [0.29, 0.717) is 44.6 Å². The molecule has 0 bridgehead atoms. The zero-order chi connectivity index (χ0) is 22.0. The number of nitrogens with one attached hydrogen (secondary N) is 2. The molecule has 0 radical (unpaired) electrons. The van der Waals surface area contributed by atoms with Crippen LogP contribution < -0.4 is 15.7 Å². The van der Waals surface area contributed by atoms with E-state index in [9.17, 15) is 14.7 Å². The number of H-pyrrole nitrogens is 2. The fraction of sp³-hybridized carbons (Fsp3) is 0.250. The summed E-state index contributed by atoms with van der Waals surface area (Å²) in [5.74, 6) is 0.297. The Hall–Kier alpha value is -3.94. The predicted molar refractivity (Wildman–Crippen MR) is 122 cm³/mol. The fourth-order valence-corrected chi connectivity index (χ4v) is 4.97. The molecule has 1 aliphatic carbocycles. The summed E-state index contributed by atoms with van der Waals surface area (Å²) < 4.78 is 13.2. The van der Waals surface area contributed by atoms with Crippen molar-refractivity contribution in [3.63, 3.8) is 0 Å². The van der Waals surface area contributed by atoms with E-state index < -0.39 is 0 Å². The van der Waals surface area contributed by atoms with Gasteiger partial charge >= 0.3 is 0 Å². The molecule has 3 aromatic heterocycles. The number of rotatable bonds is 3. The maximum absolute atomic E-state index is 13.2. The maximum atomic E-state index is 13.2. The molecule has 0 amide bonds. The maximum Gasteiger partial charge on any atom is 0.274 e. The van der Waals surface area contributed by atoms with Crippen LogP contribution in [0.2, 0.25) is 0 Å². The van der Waals surface area contributed by atoms with Crippen molar-refractivity contribution < 1.29 is 14.3 Å². The van der Waals surface area contributed by atoms with Crippen LogP contribution in [0.4, 0.5) is 0 Å². The molecular formula is C24H21N3O5. The molecule has 3 heterocycles. The number of nitrogens with zero attached hydrogens (tertiary/aromatic N) is 1. The number of aromatic amines is 2. The molecule has 1 saturated carbocycles. The molecule has 5 aromatic rings. The van der Waals surface area contributed by atoms with E-state index in [0.717, 1.165) is 31.1 Å². The summed E-state index contributed by atoms with van der Waals surface area (Å²) in [5, 5.41) is 14.6. The molecule has 1 fully saturated rings. The highest BCUT2D eigenvalue weighted by Crippen LogP contribution is 2.41. The summed E-state index contributed by atoms with van der Waals surface area (Å²) in [6.45, 7) is 0. The number of phenolic OH excluding ortho intramolecular Hbond substituents is 1. The third-order valence-corrected chi connectivity index (χ3v) is 6.47. The van der Waals surface area contributed by atoms with Gasteiger partial charge in [0.25, 0.3) is 5.56 Å². The number of furan rings is 1. The van der Waals surface area contributed by atoms with Crippen molar-refractivity contribution in [2.24, 2.45) is 0 Å². The van der Waals surface area contributed by atoms with Crippen LogP contribution in [0.5, 0.6) is 11.5 Å². The van der Waals surface area contributed by atoms with Crippen LogP contribution >= 0.6 is 0 Å². The third kappa shape index (κ3) is 2.62. The molecular weight excluding hydrogens is 410 g/mol. The van der Waals surface area contributed by atoms with Crippen LogP contribution in [-0.2, 0) is 0 Å². The fourth-order valence-electron chi connectivity index (χ4n) is 4.97. The monoisotopic (exact) mass is 431 g/mol. The smallest absolute Gasteiger partial charge is 0.274 e. The molecule has 32 heavy (non-hydrogen) atoms. The number of benzene rings is 2. The van der Waals surface area contributed by atoms with Gasteiger partial charge in [-0.2, -0.15) is 0 Å². The first-order chi connectivity index (χ1) is 15.5. The summed E-state index contributed by atoms with van der Waals surface area (Å²) in [7, 11) is 1.48. The van der Waals surface area contributed by atoms with E-state index >= 15 is 0 Å². The number of phenols is 1. The van der Waals surface area contributed by atoms with Gasteiger partial charge in [-0.1, -0.05) is 18.9 Å². The van der Waals surface area contributed by atoms with Crippen LogP contribution in [0.15, 0.2) is 50.4 Å². The van der Waals surface area contributed by atoms with Gasteiger partial charge in [0.15, 0.2) is 22.5 Å². The molecule has 162 valence electrons. The van der Waals surface area contributed by atoms with E-state index in [2.05, 4.69) is 10.1 Å². The number of aromatic hydroxyl groups is 1. The molecule has 8 heteroatoms. The Bertz CT molecular complexity index is 1630. The second-order valence-electron chi connectivity index (χ2n) is 8.32. The van der Waals surface area contributed by atoms with Crippen LogP contribution in [-0.4, -0.2) is 27.0 Å². The zero-order valence-electron chi connectivity index (χ0n) is 17.4. The summed E-state index contributed by atoms with van der Waals surface area (Å²) in [6.07, 6.45) is 4.23. The van der Waals surface area contributed by atoms with Crippen molar-refractivity contribution in [3.8, 4) is 22.6 Å². The van der Waals surface area contributed by atoms with Crippen molar-refractivity contribution in [2.45, 2.75) is 31.7 Å². The number of ether oxygens (including phenoxy) is 1. The Morgan fingerprint density at radius 2 is 1.94 bits per heavy atom. The molecule has 0 saturated heterocycles. The Morgan fingerprint density at radius 3 is 2.69 bits per heavy atom. The number of pyridine rings is 1. The van der Waals surface area contributed by atoms with Crippen molar-refractivity contribution in [1.82, 2.24) is 14.8 Å². The van der Waals surface area contributed by atoms with Crippen LogP contribution in [0.1, 0.15) is 31.7 Å². The lowest BCUT2D eigenvalue weighted by atomic mass is 10.0. The van der Waals surface area contributed by atoms with E-state index in [-0.39, 0.29) is 22.8 Å². The largest absolute Gasteiger partial charge is 0.504 e. The van der Waals surface area contributed by atoms with Gasteiger partial charge in [-0.25, -0.2) is 0 Å². The molecule has 2 aromatic carbocycles. The lowest BCUT2D eigenvalue weighted by molar-refractivity contribution is 0.373. The lowest BCUT2D eigenvalue weighted by Gasteiger charge is -2.13. The SMILES string of the molecule is COc1ccc(-c2c3oc4cc(=O)ccc4c3[nH]c3c2c(=O)[nH]n3C2CCCC2)cc1O. The second kappa shape index (κ2) is 6.78.